The first-order chi connectivity index (χ1) is 8.67. The van der Waals surface area contributed by atoms with Gasteiger partial charge in [0.15, 0.2) is 5.13 Å². The van der Waals surface area contributed by atoms with Crippen molar-refractivity contribution in [2.45, 2.75) is 11.7 Å². The Bertz CT molecular complexity index is 611. The van der Waals surface area contributed by atoms with Crippen LogP contribution in [-0.2, 0) is 4.79 Å². The van der Waals surface area contributed by atoms with Crippen molar-refractivity contribution in [3.8, 4) is 5.75 Å². The maximum atomic E-state index is 11.8. The maximum Gasteiger partial charge on any atom is 0.229 e. The van der Waals surface area contributed by atoms with Gasteiger partial charge in [-0.15, -0.1) is 0 Å². The number of amides is 1. The van der Waals surface area contributed by atoms with E-state index in [1.807, 2.05) is 18.2 Å². The molecule has 1 fully saturated rings. The topological polar surface area (TPSA) is 42.4 Å². The minimum atomic E-state index is 0.0982. The molecule has 2 aromatic rings. The first-order valence-corrected chi connectivity index (χ1v) is 6.93. The summed E-state index contributed by atoms with van der Waals surface area (Å²) >= 11 is 5.87. The van der Waals surface area contributed by atoms with Crippen LogP contribution in [0.3, 0.4) is 0 Å². The second-order valence-corrected chi connectivity index (χ2v) is 5.93. The molecule has 1 atom stereocenters. The lowest BCUT2D eigenvalue weighted by molar-refractivity contribution is -0.117. The molecule has 4 nitrogen and oxygen atoms in total. The third-order valence-corrected chi connectivity index (χ3v) is 4.32. The van der Waals surface area contributed by atoms with Crippen LogP contribution in [0.15, 0.2) is 18.2 Å². The number of thiazole rings is 1. The Labute approximate surface area is 114 Å². The zero-order valence-corrected chi connectivity index (χ0v) is 11.5. The van der Waals surface area contributed by atoms with Crippen LogP contribution >= 0.6 is 24.0 Å². The summed E-state index contributed by atoms with van der Waals surface area (Å²) in [7, 11) is 1.63. The number of anilines is 1. The van der Waals surface area contributed by atoms with Crippen molar-refractivity contribution in [3.05, 3.63) is 18.2 Å². The molecule has 0 radical (unpaired) electrons. The number of carbonyl (C=O) groups excluding carboxylic acids is 1. The van der Waals surface area contributed by atoms with Crippen molar-refractivity contribution in [2.24, 2.45) is 0 Å². The van der Waals surface area contributed by atoms with Crippen LogP contribution in [0.2, 0.25) is 0 Å². The molecule has 0 aliphatic carbocycles. The Morgan fingerprint density at radius 3 is 3.06 bits per heavy atom. The molecule has 0 saturated carbocycles. The van der Waals surface area contributed by atoms with Crippen molar-refractivity contribution in [1.82, 2.24) is 4.98 Å². The number of benzene rings is 1. The van der Waals surface area contributed by atoms with E-state index in [0.29, 0.717) is 13.0 Å². The molecule has 6 heteroatoms. The Morgan fingerprint density at radius 1 is 1.56 bits per heavy atom. The summed E-state index contributed by atoms with van der Waals surface area (Å²) in [4.78, 5) is 18.0. The average molecular weight is 280 g/mol. The molecule has 1 aliphatic heterocycles. The van der Waals surface area contributed by atoms with Crippen LogP contribution in [0.25, 0.3) is 10.2 Å². The number of aromatic nitrogens is 1. The summed E-state index contributed by atoms with van der Waals surface area (Å²) < 4.78 is 6.22. The van der Waals surface area contributed by atoms with Crippen molar-refractivity contribution in [1.29, 1.82) is 0 Å². The Kier molecular flexibility index (Phi) is 2.91. The molecule has 0 spiro atoms. The van der Waals surface area contributed by atoms with Gasteiger partial charge in [0, 0.05) is 24.3 Å². The van der Waals surface area contributed by atoms with Crippen molar-refractivity contribution < 1.29 is 9.53 Å². The van der Waals surface area contributed by atoms with E-state index >= 15 is 0 Å². The van der Waals surface area contributed by atoms with Gasteiger partial charge in [0.25, 0.3) is 0 Å². The predicted octanol–water partition coefficient (Wildman–Crippen LogP) is 2.34. The molecule has 18 heavy (non-hydrogen) atoms. The third kappa shape index (κ3) is 1.95. The van der Waals surface area contributed by atoms with E-state index in [0.717, 1.165) is 21.1 Å². The van der Waals surface area contributed by atoms with E-state index < -0.39 is 0 Å². The Hall–Kier alpha value is -1.27. The van der Waals surface area contributed by atoms with E-state index in [4.69, 9.17) is 4.74 Å². The lowest BCUT2D eigenvalue weighted by Crippen LogP contribution is -2.24. The number of ether oxygens (including phenoxy) is 1. The van der Waals surface area contributed by atoms with E-state index in [-0.39, 0.29) is 11.2 Å². The van der Waals surface area contributed by atoms with Crippen molar-refractivity contribution in [3.63, 3.8) is 0 Å². The van der Waals surface area contributed by atoms with Gasteiger partial charge in [-0.25, -0.2) is 4.98 Å². The molecule has 94 valence electrons. The first-order valence-electron chi connectivity index (χ1n) is 5.60. The van der Waals surface area contributed by atoms with Crippen LogP contribution in [0, 0.1) is 0 Å². The number of fused-ring (bicyclic) bond motifs is 1. The lowest BCUT2D eigenvalue weighted by Gasteiger charge is -2.10. The highest BCUT2D eigenvalue weighted by Crippen LogP contribution is 2.33. The fourth-order valence-corrected chi connectivity index (χ4v) is 3.30. The zero-order chi connectivity index (χ0) is 12.7. The van der Waals surface area contributed by atoms with Crippen molar-refractivity contribution in [2.75, 3.05) is 18.6 Å². The summed E-state index contributed by atoms with van der Waals surface area (Å²) in [6.45, 7) is 0.638. The molecule has 1 saturated heterocycles. The van der Waals surface area contributed by atoms with Crippen LogP contribution in [0.4, 0.5) is 5.13 Å². The molecular formula is C12H12N2O2S2. The molecule has 3 rings (SSSR count). The number of nitrogens with zero attached hydrogens (tertiary/aromatic N) is 2. The van der Waals surface area contributed by atoms with Crippen molar-refractivity contribution >= 4 is 45.2 Å². The lowest BCUT2D eigenvalue weighted by atomic mass is 10.3. The number of methoxy groups -OCH3 is 1. The minimum Gasteiger partial charge on any atom is -0.497 e. The van der Waals surface area contributed by atoms with Crippen LogP contribution in [0.5, 0.6) is 5.75 Å². The van der Waals surface area contributed by atoms with Gasteiger partial charge < -0.3 is 4.74 Å². The molecule has 1 aromatic carbocycles. The van der Waals surface area contributed by atoms with Crippen LogP contribution in [0.1, 0.15) is 6.42 Å². The van der Waals surface area contributed by atoms with E-state index in [9.17, 15) is 4.79 Å². The van der Waals surface area contributed by atoms with Gasteiger partial charge in [-0.1, -0.05) is 11.3 Å². The van der Waals surface area contributed by atoms with Gasteiger partial charge in [0.1, 0.15) is 5.75 Å². The Morgan fingerprint density at radius 2 is 2.39 bits per heavy atom. The number of hydrogen-bond donors (Lipinski definition) is 1. The van der Waals surface area contributed by atoms with Gasteiger partial charge in [0.05, 0.1) is 17.3 Å². The second-order valence-electron chi connectivity index (χ2n) is 4.19. The third-order valence-electron chi connectivity index (χ3n) is 2.92. The molecule has 1 aliphatic rings. The van der Waals surface area contributed by atoms with Crippen LogP contribution < -0.4 is 9.64 Å². The highest BCUT2D eigenvalue weighted by molar-refractivity contribution is 7.81. The molecular weight excluding hydrogens is 268 g/mol. The standard InChI is InChI=1S/C12H12N2O2S2/c1-16-7-2-3-10-9(4-7)13-12(18-10)14-6-8(17)5-11(14)15/h2-4,8,17H,5-6H2,1H3. The maximum absolute atomic E-state index is 11.8. The number of hydrogen-bond acceptors (Lipinski definition) is 5. The van der Waals surface area contributed by atoms with Gasteiger partial charge in [-0.05, 0) is 12.1 Å². The number of rotatable bonds is 2. The predicted molar refractivity (Wildman–Crippen MR) is 75.9 cm³/mol. The van der Waals surface area contributed by atoms with Crippen LogP contribution in [-0.4, -0.2) is 29.8 Å². The molecule has 0 bridgehead atoms. The molecule has 1 amide bonds. The zero-order valence-electron chi connectivity index (χ0n) is 9.79. The second kappa shape index (κ2) is 4.44. The fraction of sp³-hybridized carbons (Fsp3) is 0.333. The SMILES string of the molecule is COc1ccc2sc(N3CC(S)CC3=O)nc2c1. The quantitative estimate of drug-likeness (QED) is 0.859. The van der Waals surface area contributed by atoms with Gasteiger partial charge >= 0.3 is 0 Å². The molecule has 2 heterocycles. The summed E-state index contributed by atoms with van der Waals surface area (Å²) in [6, 6.07) is 5.75. The summed E-state index contributed by atoms with van der Waals surface area (Å²) in [5.41, 5.74) is 0.866. The largest absolute Gasteiger partial charge is 0.497 e. The van der Waals surface area contributed by atoms with E-state index in [2.05, 4.69) is 17.6 Å². The van der Waals surface area contributed by atoms with E-state index in [1.165, 1.54) is 11.3 Å². The molecule has 1 unspecified atom stereocenters. The summed E-state index contributed by atoms with van der Waals surface area (Å²) in [5, 5.41) is 0.860. The first kappa shape index (κ1) is 11.8. The number of thiol groups is 1. The number of carbonyl (C=O) groups is 1. The minimum absolute atomic E-state index is 0.0982. The normalized spacial score (nSPS) is 19.8. The highest BCUT2D eigenvalue weighted by Gasteiger charge is 2.30. The average Bonchev–Trinajstić information content (AvgIpc) is 2.90. The van der Waals surface area contributed by atoms with Gasteiger partial charge in [-0.2, -0.15) is 12.6 Å². The van der Waals surface area contributed by atoms with Gasteiger partial charge in [-0.3, -0.25) is 9.69 Å². The molecule has 1 aromatic heterocycles. The summed E-state index contributed by atoms with van der Waals surface area (Å²) in [6.07, 6.45) is 0.488. The Balaban J connectivity index is 2.00. The smallest absolute Gasteiger partial charge is 0.229 e. The fourth-order valence-electron chi connectivity index (χ4n) is 2.01. The van der Waals surface area contributed by atoms with Gasteiger partial charge in [0.2, 0.25) is 5.91 Å². The monoisotopic (exact) mass is 280 g/mol. The summed E-state index contributed by atoms with van der Waals surface area (Å²) in [5.74, 6) is 0.875. The highest BCUT2D eigenvalue weighted by atomic mass is 32.1. The molecule has 0 N–H and O–H groups in total. The van der Waals surface area contributed by atoms with E-state index in [1.54, 1.807) is 12.0 Å².